The number of hydrogen-bond acceptors (Lipinski definition) is 3. The number of carbonyl (C=O) groups is 2. The third-order valence-corrected chi connectivity index (χ3v) is 3.92. The molecule has 0 unspecified atom stereocenters. The molecule has 120 valence electrons. The molecule has 0 spiro atoms. The van der Waals surface area contributed by atoms with Crippen LogP contribution in [0.3, 0.4) is 0 Å². The quantitative estimate of drug-likeness (QED) is 0.894. The molecule has 1 aliphatic rings. The highest BCUT2D eigenvalue weighted by Crippen LogP contribution is 2.30. The van der Waals surface area contributed by atoms with Crippen LogP contribution in [0.15, 0.2) is 18.2 Å². The van der Waals surface area contributed by atoms with E-state index in [1.165, 1.54) is 0 Å². The second-order valence-electron chi connectivity index (χ2n) is 4.70. The largest absolute Gasteiger partial charge is 0.450 e. The highest BCUT2D eigenvalue weighted by molar-refractivity contribution is 6.39. The van der Waals surface area contributed by atoms with E-state index in [-0.39, 0.29) is 12.1 Å². The number of halogens is 2. The summed E-state index contributed by atoms with van der Waals surface area (Å²) in [7, 11) is 0. The first-order valence-electron chi connectivity index (χ1n) is 6.94. The number of hydrogen-bond donors (Lipinski definition) is 1. The summed E-state index contributed by atoms with van der Waals surface area (Å²) in [6.07, 6.45) is -0.350. The third kappa shape index (κ3) is 3.96. The Morgan fingerprint density at radius 3 is 2.23 bits per heavy atom. The Morgan fingerprint density at radius 2 is 1.68 bits per heavy atom. The van der Waals surface area contributed by atoms with Crippen molar-refractivity contribution in [2.24, 2.45) is 0 Å². The number of benzene rings is 1. The van der Waals surface area contributed by atoms with Gasteiger partial charge in [0.05, 0.1) is 22.3 Å². The first-order valence-corrected chi connectivity index (χ1v) is 7.70. The van der Waals surface area contributed by atoms with Crippen LogP contribution in [0.4, 0.5) is 15.3 Å². The summed E-state index contributed by atoms with van der Waals surface area (Å²) in [5.41, 5.74) is 0.392. The van der Waals surface area contributed by atoms with Crippen molar-refractivity contribution in [3.05, 3.63) is 28.2 Å². The Kier molecular flexibility index (Phi) is 5.74. The average molecular weight is 346 g/mol. The van der Waals surface area contributed by atoms with Crippen LogP contribution in [0.2, 0.25) is 10.0 Å². The maximum atomic E-state index is 12.2. The summed E-state index contributed by atoms with van der Waals surface area (Å²) < 4.78 is 4.94. The van der Waals surface area contributed by atoms with Crippen molar-refractivity contribution in [2.75, 3.05) is 38.1 Å². The first-order chi connectivity index (χ1) is 10.5. The molecule has 0 saturated carbocycles. The van der Waals surface area contributed by atoms with Crippen molar-refractivity contribution in [1.82, 2.24) is 9.80 Å². The van der Waals surface area contributed by atoms with Crippen molar-refractivity contribution < 1.29 is 14.3 Å². The maximum Gasteiger partial charge on any atom is 0.409 e. The van der Waals surface area contributed by atoms with Crippen LogP contribution >= 0.6 is 23.2 Å². The number of piperazine rings is 1. The summed E-state index contributed by atoms with van der Waals surface area (Å²) >= 11 is 12.0. The van der Waals surface area contributed by atoms with E-state index in [0.29, 0.717) is 48.5 Å². The fourth-order valence-corrected chi connectivity index (χ4v) is 2.60. The van der Waals surface area contributed by atoms with Gasteiger partial charge in [-0.2, -0.15) is 0 Å². The van der Waals surface area contributed by atoms with Crippen molar-refractivity contribution in [2.45, 2.75) is 6.92 Å². The van der Waals surface area contributed by atoms with Gasteiger partial charge in [-0.1, -0.05) is 29.3 Å². The molecule has 1 N–H and O–H groups in total. The molecule has 0 bridgehead atoms. The lowest BCUT2D eigenvalue weighted by molar-refractivity contribution is 0.0869. The van der Waals surface area contributed by atoms with Crippen molar-refractivity contribution in [3.8, 4) is 0 Å². The maximum absolute atomic E-state index is 12.2. The summed E-state index contributed by atoms with van der Waals surface area (Å²) in [6.45, 7) is 3.81. The number of nitrogens with zero attached hydrogens (tertiary/aromatic N) is 2. The van der Waals surface area contributed by atoms with Gasteiger partial charge in [-0.15, -0.1) is 0 Å². The van der Waals surface area contributed by atoms with Crippen LogP contribution in [0.5, 0.6) is 0 Å². The predicted octanol–water partition coefficient (Wildman–Crippen LogP) is 3.30. The smallest absolute Gasteiger partial charge is 0.409 e. The van der Waals surface area contributed by atoms with Gasteiger partial charge in [0.15, 0.2) is 0 Å². The van der Waals surface area contributed by atoms with Gasteiger partial charge in [0, 0.05) is 26.2 Å². The lowest BCUT2D eigenvalue weighted by Gasteiger charge is -2.34. The summed E-state index contributed by atoms with van der Waals surface area (Å²) in [5.74, 6) is 0. The molecule has 1 aliphatic heterocycles. The van der Waals surface area contributed by atoms with Gasteiger partial charge in [0.25, 0.3) is 0 Å². The van der Waals surface area contributed by atoms with E-state index in [1.54, 1.807) is 34.9 Å². The Morgan fingerprint density at radius 1 is 1.14 bits per heavy atom. The molecular weight excluding hydrogens is 329 g/mol. The molecule has 0 radical (unpaired) electrons. The molecule has 0 aromatic heterocycles. The summed E-state index contributed by atoms with van der Waals surface area (Å²) in [5, 5.41) is 3.47. The number of carbonyl (C=O) groups excluding carboxylic acids is 2. The van der Waals surface area contributed by atoms with Gasteiger partial charge in [-0.05, 0) is 19.1 Å². The molecule has 0 aliphatic carbocycles. The number of anilines is 1. The van der Waals surface area contributed by atoms with Crippen molar-refractivity contribution >= 4 is 41.0 Å². The normalized spacial score (nSPS) is 14.7. The van der Waals surface area contributed by atoms with Crippen LogP contribution < -0.4 is 5.32 Å². The molecule has 1 aromatic carbocycles. The third-order valence-electron chi connectivity index (χ3n) is 3.29. The summed E-state index contributed by atoms with van der Waals surface area (Å²) in [6, 6.07) is 4.72. The number of para-hydroxylation sites is 1. The van der Waals surface area contributed by atoms with Gasteiger partial charge in [-0.25, -0.2) is 9.59 Å². The molecule has 6 nitrogen and oxygen atoms in total. The van der Waals surface area contributed by atoms with E-state index in [2.05, 4.69) is 5.32 Å². The minimum absolute atomic E-state index is 0.293. The second-order valence-corrected chi connectivity index (χ2v) is 5.51. The predicted molar refractivity (Wildman–Crippen MR) is 85.6 cm³/mol. The van der Waals surface area contributed by atoms with E-state index >= 15 is 0 Å². The molecule has 1 aromatic rings. The fourth-order valence-electron chi connectivity index (χ4n) is 2.11. The average Bonchev–Trinajstić information content (AvgIpc) is 2.51. The van der Waals surface area contributed by atoms with Crippen LogP contribution in [0.1, 0.15) is 6.92 Å². The highest BCUT2D eigenvalue weighted by Gasteiger charge is 2.25. The minimum Gasteiger partial charge on any atom is -0.450 e. The van der Waals surface area contributed by atoms with Crippen LogP contribution in [0.25, 0.3) is 0 Å². The molecule has 3 amide bonds. The Bertz CT molecular complexity index is 540. The number of ether oxygens (including phenoxy) is 1. The number of urea groups is 1. The van der Waals surface area contributed by atoms with E-state index in [9.17, 15) is 9.59 Å². The number of rotatable bonds is 2. The zero-order chi connectivity index (χ0) is 16.1. The fraction of sp³-hybridized carbons (Fsp3) is 0.429. The lowest BCUT2D eigenvalue weighted by Crippen LogP contribution is -2.51. The Balaban J connectivity index is 1.92. The van der Waals surface area contributed by atoms with Crippen LogP contribution in [0, 0.1) is 0 Å². The summed E-state index contributed by atoms with van der Waals surface area (Å²) in [4.78, 5) is 27.0. The topological polar surface area (TPSA) is 61.9 Å². The zero-order valence-electron chi connectivity index (χ0n) is 12.1. The van der Waals surface area contributed by atoms with Crippen molar-refractivity contribution in [3.63, 3.8) is 0 Å². The SMILES string of the molecule is CCOC(=O)N1CCN(C(=O)Nc2c(Cl)cccc2Cl)CC1. The zero-order valence-corrected chi connectivity index (χ0v) is 13.7. The molecule has 8 heteroatoms. The molecular formula is C14H17Cl2N3O3. The second kappa shape index (κ2) is 7.56. The molecule has 22 heavy (non-hydrogen) atoms. The van der Waals surface area contributed by atoms with Gasteiger partial charge in [-0.3, -0.25) is 0 Å². The van der Waals surface area contributed by atoms with Gasteiger partial charge >= 0.3 is 12.1 Å². The minimum atomic E-state index is -0.350. The van der Waals surface area contributed by atoms with E-state index < -0.39 is 0 Å². The number of nitrogens with one attached hydrogen (secondary N) is 1. The van der Waals surface area contributed by atoms with Crippen LogP contribution in [-0.4, -0.2) is 54.7 Å². The number of amides is 3. The highest BCUT2D eigenvalue weighted by atomic mass is 35.5. The van der Waals surface area contributed by atoms with E-state index in [4.69, 9.17) is 27.9 Å². The molecule has 1 fully saturated rings. The van der Waals surface area contributed by atoms with Crippen LogP contribution in [-0.2, 0) is 4.74 Å². The molecule has 1 saturated heterocycles. The lowest BCUT2D eigenvalue weighted by atomic mass is 10.3. The molecule has 1 heterocycles. The van der Waals surface area contributed by atoms with E-state index in [1.807, 2.05) is 0 Å². The molecule has 2 rings (SSSR count). The van der Waals surface area contributed by atoms with E-state index in [0.717, 1.165) is 0 Å². The molecule has 0 atom stereocenters. The Labute approximate surface area is 138 Å². The van der Waals surface area contributed by atoms with Gasteiger partial charge in [0.2, 0.25) is 0 Å². The Hall–Kier alpha value is -1.66. The monoisotopic (exact) mass is 345 g/mol. The van der Waals surface area contributed by atoms with Gasteiger partial charge < -0.3 is 19.9 Å². The first kappa shape index (κ1) is 16.7. The standard InChI is InChI=1S/C14H17Cl2N3O3/c1-2-22-14(21)19-8-6-18(7-9-19)13(20)17-12-10(15)4-3-5-11(12)16/h3-5H,2,6-9H2,1H3,(H,17,20). The van der Waals surface area contributed by atoms with Crippen molar-refractivity contribution in [1.29, 1.82) is 0 Å². The van der Waals surface area contributed by atoms with Gasteiger partial charge in [0.1, 0.15) is 0 Å².